The molecular weight excluding hydrogens is 328 g/mol. The van der Waals surface area contributed by atoms with Crippen LogP contribution in [0.5, 0.6) is 0 Å². The van der Waals surface area contributed by atoms with Gasteiger partial charge in [0.25, 0.3) is 0 Å². The maximum atomic E-state index is 12.9. The first-order chi connectivity index (χ1) is 12.8. The summed E-state index contributed by atoms with van der Waals surface area (Å²) in [6.45, 7) is 4.96. The van der Waals surface area contributed by atoms with E-state index >= 15 is 0 Å². The molecule has 0 aliphatic carbocycles. The lowest BCUT2D eigenvalue weighted by atomic mass is 9.94. The predicted molar refractivity (Wildman–Crippen MR) is 100.0 cm³/mol. The molecule has 2 fully saturated rings. The molecule has 2 aliphatic rings. The minimum absolute atomic E-state index is 0.146. The van der Waals surface area contributed by atoms with Crippen molar-refractivity contribution in [1.82, 2.24) is 19.9 Å². The lowest BCUT2D eigenvalue weighted by Crippen LogP contribution is -2.52. The molecule has 4 rings (SSSR count). The number of piperazine rings is 1. The molecule has 0 N–H and O–H groups in total. The third-order valence-electron chi connectivity index (χ3n) is 5.30. The number of rotatable bonds is 3. The van der Waals surface area contributed by atoms with Gasteiger partial charge in [0, 0.05) is 75.7 Å². The molecular formula is C19H24N6O. The van der Waals surface area contributed by atoms with E-state index in [1.165, 1.54) is 5.69 Å². The quantitative estimate of drug-likeness (QED) is 0.833. The van der Waals surface area contributed by atoms with E-state index in [4.69, 9.17) is 0 Å². The molecule has 136 valence electrons. The second kappa shape index (κ2) is 7.68. The molecule has 2 aliphatic heterocycles. The number of aromatic nitrogens is 3. The molecule has 2 aromatic rings. The van der Waals surface area contributed by atoms with Crippen molar-refractivity contribution in [3.63, 3.8) is 0 Å². The fourth-order valence-corrected chi connectivity index (χ4v) is 3.78. The minimum Gasteiger partial charge on any atom is -0.371 e. The molecule has 26 heavy (non-hydrogen) atoms. The van der Waals surface area contributed by atoms with E-state index in [2.05, 4.69) is 24.8 Å². The van der Waals surface area contributed by atoms with Gasteiger partial charge in [0.15, 0.2) is 0 Å². The number of anilines is 2. The molecule has 0 spiro atoms. The van der Waals surface area contributed by atoms with Crippen molar-refractivity contribution in [3.8, 4) is 0 Å². The largest absolute Gasteiger partial charge is 0.371 e. The number of amides is 1. The summed E-state index contributed by atoms with van der Waals surface area (Å²) in [5, 5.41) is 0. The van der Waals surface area contributed by atoms with Gasteiger partial charge in [-0.1, -0.05) is 0 Å². The van der Waals surface area contributed by atoms with E-state index in [0.29, 0.717) is 5.91 Å². The lowest BCUT2D eigenvalue weighted by Gasteiger charge is -2.39. The van der Waals surface area contributed by atoms with Crippen LogP contribution in [0.25, 0.3) is 0 Å². The van der Waals surface area contributed by atoms with E-state index in [9.17, 15) is 4.79 Å². The molecule has 0 aromatic carbocycles. The normalized spacial score (nSPS) is 18.8. The summed E-state index contributed by atoms with van der Waals surface area (Å²) >= 11 is 0. The Morgan fingerprint density at radius 3 is 2.15 bits per heavy atom. The van der Waals surface area contributed by atoms with Crippen LogP contribution < -0.4 is 9.80 Å². The zero-order valence-electron chi connectivity index (χ0n) is 14.9. The van der Waals surface area contributed by atoms with Crippen LogP contribution in [0, 0.1) is 5.92 Å². The van der Waals surface area contributed by atoms with Gasteiger partial charge in [-0.15, -0.1) is 0 Å². The highest BCUT2D eigenvalue weighted by molar-refractivity contribution is 5.79. The molecule has 0 unspecified atom stereocenters. The van der Waals surface area contributed by atoms with Crippen molar-refractivity contribution >= 4 is 17.5 Å². The molecule has 0 bridgehead atoms. The van der Waals surface area contributed by atoms with Crippen molar-refractivity contribution in [2.24, 2.45) is 5.92 Å². The highest BCUT2D eigenvalue weighted by Gasteiger charge is 2.30. The first-order valence-corrected chi connectivity index (χ1v) is 9.27. The standard InChI is InChI=1S/C19H24N6O/c26-18(16-4-10-23(11-5-16)17-2-8-20-9-3-17)24-12-14-25(15-13-24)19-21-6-1-7-22-19/h1-3,6-9,16H,4-5,10-15H2. The molecule has 7 nitrogen and oxygen atoms in total. The summed E-state index contributed by atoms with van der Waals surface area (Å²) in [4.78, 5) is 32.1. The zero-order chi connectivity index (χ0) is 17.8. The number of nitrogens with zero attached hydrogens (tertiary/aromatic N) is 6. The molecule has 0 saturated carbocycles. The van der Waals surface area contributed by atoms with Gasteiger partial charge in [-0.25, -0.2) is 9.97 Å². The summed E-state index contributed by atoms with van der Waals surface area (Å²) in [7, 11) is 0. The molecule has 2 aromatic heterocycles. The average Bonchev–Trinajstić information content (AvgIpc) is 2.75. The number of carbonyl (C=O) groups excluding carboxylic acids is 1. The smallest absolute Gasteiger partial charge is 0.225 e. The van der Waals surface area contributed by atoms with E-state index in [0.717, 1.165) is 58.1 Å². The Morgan fingerprint density at radius 1 is 0.846 bits per heavy atom. The van der Waals surface area contributed by atoms with E-state index in [-0.39, 0.29) is 5.92 Å². The number of pyridine rings is 1. The van der Waals surface area contributed by atoms with Crippen LogP contribution >= 0.6 is 0 Å². The fraction of sp³-hybridized carbons (Fsp3) is 0.474. The monoisotopic (exact) mass is 352 g/mol. The minimum atomic E-state index is 0.146. The van der Waals surface area contributed by atoms with Gasteiger partial charge in [-0.3, -0.25) is 9.78 Å². The number of hydrogen-bond donors (Lipinski definition) is 0. The third-order valence-corrected chi connectivity index (χ3v) is 5.30. The SMILES string of the molecule is O=C(C1CCN(c2ccncc2)CC1)N1CCN(c2ncccn2)CC1. The summed E-state index contributed by atoms with van der Waals surface area (Å²) < 4.78 is 0. The zero-order valence-corrected chi connectivity index (χ0v) is 14.9. The van der Waals surface area contributed by atoms with Gasteiger partial charge in [0.05, 0.1) is 0 Å². The first kappa shape index (κ1) is 16.8. The van der Waals surface area contributed by atoms with Crippen LogP contribution in [0.1, 0.15) is 12.8 Å². The highest BCUT2D eigenvalue weighted by Crippen LogP contribution is 2.24. The second-order valence-electron chi connectivity index (χ2n) is 6.83. The number of piperidine rings is 1. The fourth-order valence-electron chi connectivity index (χ4n) is 3.78. The Balaban J connectivity index is 1.28. The van der Waals surface area contributed by atoms with Gasteiger partial charge < -0.3 is 14.7 Å². The van der Waals surface area contributed by atoms with Gasteiger partial charge >= 0.3 is 0 Å². The Bertz CT molecular complexity index is 648. The second-order valence-corrected chi connectivity index (χ2v) is 6.83. The topological polar surface area (TPSA) is 65.5 Å². The van der Waals surface area contributed by atoms with Crippen LogP contribution in [-0.2, 0) is 4.79 Å². The Hall–Kier alpha value is -2.70. The molecule has 7 heteroatoms. The van der Waals surface area contributed by atoms with E-state index in [1.807, 2.05) is 35.5 Å². The summed E-state index contributed by atoms with van der Waals surface area (Å²) in [5.41, 5.74) is 1.20. The Labute approximate surface area is 153 Å². The van der Waals surface area contributed by atoms with Crippen LogP contribution in [0.15, 0.2) is 43.0 Å². The van der Waals surface area contributed by atoms with E-state index < -0.39 is 0 Å². The number of carbonyl (C=O) groups is 1. The third kappa shape index (κ3) is 3.61. The van der Waals surface area contributed by atoms with Crippen LogP contribution in [0.4, 0.5) is 11.6 Å². The Kier molecular flexibility index (Phi) is 4.95. The molecule has 2 saturated heterocycles. The summed E-state index contributed by atoms with van der Waals surface area (Å²) in [6.07, 6.45) is 9.00. The van der Waals surface area contributed by atoms with Crippen LogP contribution in [-0.4, -0.2) is 65.0 Å². The van der Waals surface area contributed by atoms with Crippen molar-refractivity contribution < 1.29 is 4.79 Å². The molecule has 0 atom stereocenters. The Morgan fingerprint density at radius 2 is 1.50 bits per heavy atom. The highest BCUT2D eigenvalue weighted by atomic mass is 16.2. The van der Waals surface area contributed by atoms with Crippen molar-refractivity contribution in [3.05, 3.63) is 43.0 Å². The van der Waals surface area contributed by atoms with Crippen molar-refractivity contribution in [2.75, 3.05) is 49.1 Å². The molecule has 0 radical (unpaired) electrons. The van der Waals surface area contributed by atoms with Crippen LogP contribution in [0.2, 0.25) is 0 Å². The maximum Gasteiger partial charge on any atom is 0.225 e. The summed E-state index contributed by atoms with van der Waals surface area (Å²) in [5.74, 6) is 1.21. The predicted octanol–water partition coefficient (Wildman–Crippen LogP) is 1.44. The lowest BCUT2D eigenvalue weighted by molar-refractivity contribution is -0.136. The molecule has 4 heterocycles. The maximum absolute atomic E-state index is 12.9. The first-order valence-electron chi connectivity index (χ1n) is 9.27. The van der Waals surface area contributed by atoms with Gasteiger partial charge in [-0.05, 0) is 31.0 Å². The molecule has 1 amide bonds. The van der Waals surface area contributed by atoms with Crippen LogP contribution in [0.3, 0.4) is 0 Å². The van der Waals surface area contributed by atoms with E-state index in [1.54, 1.807) is 12.4 Å². The summed E-state index contributed by atoms with van der Waals surface area (Å²) in [6, 6.07) is 5.89. The van der Waals surface area contributed by atoms with Crippen molar-refractivity contribution in [2.45, 2.75) is 12.8 Å². The van der Waals surface area contributed by atoms with Gasteiger partial charge in [0.2, 0.25) is 11.9 Å². The average molecular weight is 352 g/mol. The number of hydrogen-bond acceptors (Lipinski definition) is 6. The van der Waals surface area contributed by atoms with Gasteiger partial charge in [-0.2, -0.15) is 0 Å². The van der Waals surface area contributed by atoms with Gasteiger partial charge in [0.1, 0.15) is 0 Å². The van der Waals surface area contributed by atoms with Crippen molar-refractivity contribution in [1.29, 1.82) is 0 Å².